The summed E-state index contributed by atoms with van der Waals surface area (Å²) in [5, 5.41) is 8.71. The molecule has 0 spiro atoms. The van der Waals surface area contributed by atoms with E-state index in [1.165, 1.54) is 0 Å². The molecule has 0 bridgehead atoms. The van der Waals surface area contributed by atoms with Crippen molar-refractivity contribution in [3.8, 4) is 0 Å². The molecule has 0 saturated carbocycles. The summed E-state index contributed by atoms with van der Waals surface area (Å²) in [7, 11) is 0. The summed E-state index contributed by atoms with van der Waals surface area (Å²) in [6.45, 7) is 3.57. The van der Waals surface area contributed by atoms with Gasteiger partial charge < -0.3 is 5.11 Å². The van der Waals surface area contributed by atoms with Gasteiger partial charge in [0.1, 0.15) is 0 Å². The molecule has 0 saturated heterocycles. The third-order valence-corrected chi connectivity index (χ3v) is 2.55. The molecule has 0 radical (unpaired) electrons. The third kappa shape index (κ3) is 2.70. The minimum Gasteiger partial charge on any atom is -0.478 e. The number of aryl methyl sites for hydroxylation is 1. The van der Waals surface area contributed by atoms with Gasteiger partial charge in [0, 0.05) is 10.0 Å². The summed E-state index contributed by atoms with van der Waals surface area (Å²) >= 11 is 3.39. The van der Waals surface area contributed by atoms with Crippen molar-refractivity contribution in [2.75, 3.05) is 0 Å². The van der Waals surface area contributed by atoms with Gasteiger partial charge in [-0.3, -0.25) is 0 Å². The molecule has 0 aliphatic carbocycles. The molecule has 0 heterocycles. The molecule has 2 nitrogen and oxygen atoms in total. The van der Waals surface area contributed by atoms with E-state index in [1.54, 1.807) is 13.0 Å². The predicted octanol–water partition coefficient (Wildman–Crippen LogP) is 3.25. The molecule has 0 fully saturated rings. The van der Waals surface area contributed by atoms with Crippen molar-refractivity contribution in [3.05, 3.63) is 39.4 Å². The van der Waals surface area contributed by atoms with Gasteiger partial charge in [-0.15, -0.1) is 0 Å². The zero-order valence-electron chi connectivity index (χ0n) is 8.04. The average molecular weight is 255 g/mol. The molecule has 14 heavy (non-hydrogen) atoms. The number of hydrogen-bond acceptors (Lipinski definition) is 1. The number of rotatable bonds is 2. The van der Waals surface area contributed by atoms with Crippen molar-refractivity contribution in [1.82, 2.24) is 0 Å². The number of halogens is 1. The molecule has 1 aromatic carbocycles. The fraction of sp³-hybridized carbons (Fsp3) is 0.182. The number of aliphatic carboxylic acids is 1. The van der Waals surface area contributed by atoms with Gasteiger partial charge in [-0.1, -0.05) is 28.1 Å². The van der Waals surface area contributed by atoms with Crippen LogP contribution >= 0.6 is 15.9 Å². The Morgan fingerprint density at radius 1 is 1.50 bits per heavy atom. The van der Waals surface area contributed by atoms with Crippen molar-refractivity contribution in [3.63, 3.8) is 0 Å². The van der Waals surface area contributed by atoms with Gasteiger partial charge in [0.25, 0.3) is 0 Å². The second-order valence-electron chi connectivity index (χ2n) is 3.16. The first-order chi connectivity index (χ1) is 6.50. The lowest BCUT2D eigenvalue weighted by molar-refractivity contribution is -0.132. The zero-order chi connectivity index (χ0) is 10.7. The van der Waals surface area contributed by atoms with E-state index in [1.807, 2.05) is 25.1 Å². The smallest absolute Gasteiger partial charge is 0.331 e. The summed E-state index contributed by atoms with van der Waals surface area (Å²) in [6.07, 6.45) is 1.64. The summed E-state index contributed by atoms with van der Waals surface area (Å²) in [5.41, 5.74) is 2.35. The topological polar surface area (TPSA) is 37.3 Å². The normalized spacial score (nSPS) is 11.5. The summed E-state index contributed by atoms with van der Waals surface area (Å²) in [4.78, 5) is 10.6. The van der Waals surface area contributed by atoms with Crippen LogP contribution in [0.3, 0.4) is 0 Å². The molecule has 0 aliphatic rings. The minimum absolute atomic E-state index is 0.328. The average Bonchev–Trinajstić information content (AvgIpc) is 2.09. The van der Waals surface area contributed by atoms with Gasteiger partial charge in [-0.2, -0.15) is 0 Å². The molecule has 0 atom stereocenters. The number of carboxylic acid groups (broad SMARTS) is 1. The van der Waals surface area contributed by atoms with Gasteiger partial charge in [-0.25, -0.2) is 4.79 Å². The summed E-state index contributed by atoms with van der Waals surface area (Å²) < 4.78 is 0.915. The number of carbonyl (C=O) groups is 1. The highest BCUT2D eigenvalue weighted by Gasteiger charge is 2.02. The Morgan fingerprint density at radius 3 is 2.64 bits per heavy atom. The van der Waals surface area contributed by atoms with Crippen LogP contribution in [0, 0.1) is 6.92 Å². The van der Waals surface area contributed by atoms with Crippen LogP contribution in [0.1, 0.15) is 18.1 Å². The van der Waals surface area contributed by atoms with Crippen molar-refractivity contribution in [2.45, 2.75) is 13.8 Å². The maximum Gasteiger partial charge on any atom is 0.331 e. The van der Waals surface area contributed by atoms with E-state index in [0.717, 1.165) is 15.6 Å². The van der Waals surface area contributed by atoms with E-state index in [2.05, 4.69) is 15.9 Å². The van der Waals surface area contributed by atoms with Gasteiger partial charge in [0.15, 0.2) is 0 Å². The molecule has 1 N–H and O–H groups in total. The Kier molecular flexibility index (Phi) is 3.47. The standard InChI is InChI=1S/C11H11BrO2/c1-7-3-4-9(10(12)5-7)6-8(2)11(13)14/h3-6H,1-2H3,(H,13,14)/b8-6-. The number of hydrogen-bond donors (Lipinski definition) is 1. The Balaban J connectivity index is 3.09. The molecular formula is C11H11BrO2. The number of carboxylic acids is 1. The highest BCUT2D eigenvalue weighted by atomic mass is 79.9. The van der Waals surface area contributed by atoms with Gasteiger partial charge in [0.2, 0.25) is 0 Å². The minimum atomic E-state index is -0.891. The maximum absolute atomic E-state index is 10.6. The van der Waals surface area contributed by atoms with Crippen LogP contribution in [0.25, 0.3) is 6.08 Å². The van der Waals surface area contributed by atoms with Crippen LogP contribution in [0.15, 0.2) is 28.2 Å². The highest BCUT2D eigenvalue weighted by Crippen LogP contribution is 2.20. The SMILES string of the molecule is C/C(=C/c1ccc(C)cc1Br)C(=O)O. The fourth-order valence-electron chi connectivity index (χ4n) is 1.04. The van der Waals surface area contributed by atoms with Crippen LogP contribution in [-0.2, 0) is 4.79 Å². The molecule has 0 aliphatic heterocycles. The molecule has 1 aromatic rings. The van der Waals surface area contributed by atoms with E-state index < -0.39 is 5.97 Å². The molecular weight excluding hydrogens is 244 g/mol. The predicted molar refractivity (Wildman–Crippen MR) is 60.2 cm³/mol. The first-order valence-corrected chi connectivity index (χ1v) is 4.98. The summed E-state index contributed by atoms with van der Waals surface area (Å²) in [6, 6.07) is 5.80. The van der Waals surface area contributed by atoms with E-state index in [0.29, 0.717) is 5.57 Å². The molecule has 3 heteroatoms. The van der Waals surface area contributed by atoms with Crippen LogP contribution in [0.4, 0.5) is 0 Å². The second-order valence-corrected chi connectivity index (χ2v) is 4.01. The van der Waals surface area contributed by atoms with Crippen molar-refractivity contribution in [1.29, 1.82) is 0 Å². The third-order valence-electron chi connectivity index (χ3n) is 1.87. The number of benzene rings is 1. The Bertz CT molecular complexity index is 394. The lowest BCUT2D eigenvalue weighted by atomic mass is 10.1. The van der Waals surface area contributed by atoms with Crippen LogP contribution in [0.5, 0.6) is 0 Å². The van der Waals surface area contributed by atoms with Gasteiger partial charge >= 0.3 is 5.97 Å². The van der Waals surface area contributed by atoms with Crippen LogP contribution < -0.4 is 0 Å². The first kappa shape index (κ1) is 11.0. The molecule has 74 valence electrons. The fourth-order valence-corrected chi connectivity index (χ4v) is 1.65. The Hall–Kier alpha value is -1.09. The van der Waals surface area contributed by atoms with Crippen molar-refractivity contribution in [2.24, 2.45) is 0 Å². The lowest BCUT2D eigenvalue weighted by Gasteiger charge is -2.01. The van der Waals surface area contributed by atoms with E-state index in [-0.39, 0.29) is 0 Å². The summed E-state index contributed by atoms with van der Waals surface area (Å²) in [5.74, 6) is -0.891. The van der Waals surface area contributed by atoms with Crippen molar-refractivity contribution < 1.29 is 9.90 Å². The monoisotopic (exact) mass is 254 g/mol. The largest absolute Gasteiger partial charge is 0.478 e. The van der Waals surface area contributed by atoms with E-state index in [4.69, 9.17) is 5.11 Å². The molecule has 0 amide bonds. The zero-order valence-corrected chi connectivity index (χ0v) is 9.63. The first-order valence-electron chi connectivity index (χ1n) is 4.18. The van der Waals surface area contributed by atoms with Gasteiger partial charge in [-0.05, 0) is 37.1 Å². The molecule has 1 rings (SSSR count). The quantitative estimate of drug-likeness (QED) is 0.823. The van der Waals surface area contributed by atoms with Crippen LogP contribution in [-0.4, -0.2) is 11.1 Å². The Morgan fingerprint density at radius 2 is 2.14 bits per heavy atom. The maximum atomic E-state index is 10.6. The van der Waals surface area contributed by atoms with E-state index in [9.17, 15) is 4.79 Å². The lowest BCUT2D eigenvalue weighted by Crippen LogP contribution is -1.95. The van der Waals surface area contributed by atoms with Gasteiger partial charge in [0.05, 0.1) is 0 Å². The second kappa shape index (κ2) is 4.42. The molecule has 0 unspecified atom stereocenters. The van der Waals surface area contributed by atoms with Crippen molar-refractivity contribution >= 4 is 28.0 Å². The Labute approximate surface area is 91.4 Å². The van der Waals surface area contributed by atoms with E-state index >= 15 is 0 Å². The van der Waals surface area contributed by atoms with Crippen LogP contribution in [0.2, 0.25) is 0 Å². The highest BCUT2D eigenvalue weighted by molar-refractivity contribution is 9.10. The molecule has 0 aromatic heterocycles.